The minimum Gasteiger partial charge on any atom is -0.440 e. The monoisotopic (exact) mass is 426 g/mol. The van der Waals surface area contributed by atoms with Gasteiger partial charge in [-0.2, -0.15) is 0 Å². The Morgan fingerprint density at radius 1 is 1.22 bits per heavy atom. The lowest BCUT2D eigenvalue weighted by molar-refractivity contribution is 0.0251. The van der Waals surface area contributed by atoms with Crippen LogP contribution in [0.5, 0.6) is 0 Å². The van der Waals surface area contributed by atoms with Crippen LogP contribution in [0.15, 0.2) is 41.1 Å². The van der Waals surface area contributed by atoms with E-state index in [0.717, 1.165) is 53.0 Å². The van der Waals surface area contributed by atoms with Crippen molar-refractivity contribution >= 4 is 28.0 Å². The Balaban J connectivity index is 1.28. The fraction of sp³-hybridized carbons (Fsp3) is 0.423. The number of aromatic amines is 1. The summed E-state index contributed by atoms with van der Waals surface area (Å²) in [6.07, 6.45) is 5.86. The average molecular weight is 427 g/mol. The van der Waals surface area contributed by atoms with Crippen LogP contribution < -0.4 is 0 Å². The first-order valence-electron chi connectivity index (χ1n) is 11.7. The van der Waals surface area contributed by atoms with E-state index in [4.69, 9.17) is 9.40 Å². The number of aromatic nitrogens is 3. The van der Waals surface area contributed by atoms with E-state index in [-0.39, 0.29) is 17.4 Å². The molecule has 3 heterocycles. The zero-order valence-electron chi connectivity index (χ0n) is 18.4. The number of benzene rings is 2. The molecule has 162 valence electrons. The van der Waals surface area contributed by atoms with Gasteiger partial charge in [-0.05, 0) is 78.5 Å². The molecule has 3 atom stereocenters. The first-order valence-corrected chi connectivity index (χ1v) is 11.7. The Morgan fingerprint density at radius 3 is 2.94 bits per heavy atom. The quantitative estimate of drug-likeness (QED) is 0.492. The number of fused-ring (bicyclic) bond motifs is 6. The number of nitrogens with one attached hydrogen (secondary N) is 1. The fourth-order valence-corrected chi connectivity index (χ4v) is 6.06. The van der Waals surface area contributed by atoms with Gasteiger partial charge in [0, 0.05) is 24.1 Å². The summed E-state index contributed by atoms with van der Waals surface area (Å²) in [7, 11) is 0. The van der Waals surface area contributed by atoms with Gasteiger partial charge in [-0.25, -0.2) is 9.97 Å². The molecule has 2 aliphatic carbocycles. The first kappa shape index (κ1) is 18.4. The van der Waals surface area contributed by atoms with E-state index in [1.807, 2.05) is 18.2 Å². The van der Waals surface area contributed by atoms with E-state index < -0.39 is 0 Å². The molecule has 1 saturated carbocycles. The Kier molecular flexibility index (Phi) is 3.58. The highest BCUT2D eigenvalue weighted by molar-refractivity contribution is 5.97. The summed E-state index contributed by atoms with van der Waals surface area (Å²) in [5.41, 5.74) is 7.13. The van der Waals surface area contributed by atoms with Crippen molar-refractivity contribution in [3.63, 3.8) is 0 Å². The van der Waals surface area contributed by atoms with E-state index in [1.165, 1.54) is 24.0 Å². The third kappa shape index (κ3) is 2.49. The molecule has 2 aromatic carbocycles. The predicted molar refractivity (Wildman–Crippen MR) is 122 cm³/mol. The zero-order valence-corrected chi connectivity index (χ0v) is 18.4. The van der Waals surface area contributed by atoms with Gasteiger partial charge in [-0.15, -0.1) is 0 Å². The van der Waals surface area contributed by atoms with Crippen molar-refractivity contribution < 1.29 is 9.21 Å². The summed E-state index contributed by atoms with van der Waals surface area (Å²) in [4.78, 5) is 27.9. The van der Waals surface area contributed by atoms with E-state index in [9.17, 15) is 4.79 Å². The summed E-state index contributed by atoms with van der Waals surface area (Å²) in [5.74, 6) is 1.89. The fourth-order valence-electron chi connectivity index (χ4n) is 6.06. The highest BCUT2D eigenvalue weighted by Crippen LogP contribution is 2.50. The van der Waals surface area contributed by atoms with Crippen molar-refractivity contribution in [2.45, 2.75) is 56.9 Å². The van der Waals surface area contributed by atoms with Crippen molar-refractivity contribution in [3.8, 4) is 0 Å². The molecule has 4 aromatic rings. The molecule has 1 N–H and O–H groups in total. The van der Waals surface area contributed by atoms with Gasteiger partial charge in [-0.1, -0.05) is 13.8 Å². The molecule has 2 unspecified atom stereocenters. The van der Waals surface area contributed by atoms with E-state index in [1.54, 1.807) is 6.33 Å². The molecule has 1 amide bonds. The number of hydrogen-bond acceptors (Lipinski definition) is 4. The second-order valence-corrected chi connectivity index (χ2v) is 10.2. The SMILES string of the molecule is CC1C2Cc3cc4nc(C5CC5)oc4cc3[C@]1(C)CCN2C(=O)c1ccc2nc[nH]c2c1. The highest BCUT2D eigenvalue weighted by Gasteiger charge is 2.50. The van der Waals surface area contributed by atoms with Crippen LogP contribution >= 0.6 is 0 Å². The molecular weight excluding hydrogens is 400 g/mol. The molecule has 1 saturated heterocycles. The smallest absolute Gasteiger partial charge is 0.254 e. The molecule has 0 spiro atoms. The molecule has 6 heteroatoms. The van der Waals surface area contributed by atoms with Gasteiger partial charge in [0.2, 0.25) is 0 Å². The number of amides is 1. The van der Waals surface area contributed by atoms with Gasteiger partial charge in [-0.3, -0.25) is 4.79 Å². The highest BCUT2D eigenvalue weighted by atomic mass is 16.3. The number of H-pyrrole nitrogens is 1. The summed E-state index contributed by atoms with van der Waals surface area (Å²) in [6, 6.07) is 10.4. The summed E-state index contributed by atoms with van der Waals surface area (Å²) in [6.45, 7) is 5.45. The summed E-state index contributed by atoms with van der Waals surface area (Å²) in [5, 5.41) is 0. The van der Waals surface area contributed by atoms with Crippen LogP contribution in [0.1, 0.15) is 66.4 Å². The van der Waals surface area contributed by atoms with Crippen LogP contribution in [-0.2, 0) is 11.8 Å². The summed E-state index contributed by atoms with van der Waals surface area (Å²) < 4.78 is 6.14. The second-order valence-electron chi connectivity index (χ2n) is 10.2. The molecule has 6 nitrogen and oxygen atoms in total. The lowest BCUT2D eigenvalue weighted by Gasteiger charge is -2.54. The van der Waals surface area contributed by atoms with Crippen molar-refractivity contribution in [3.05, 3.63) is 59.2 Å². The maximum absolute atomic E-state index is 13.6. The van der Waals surface area contributed by atoms with E-state index in [0.29, 0.717) is 11.8 Å². The molecule has 2 aromatic heterocycles. The van der Waals surface area contributed by atoms with Crippen LogP contribution in [0.3, 0.4) is 0 Å². The van der Waals surface area contributed by atoms with Crippen LogP contribution in [0.4, 0.5) is 0 Å². The Hall–Kier alpha value is -3.15. The average Bonchev–Trinajstić information content (AvgIpc) is 3.38. The number of likely N-dealkylation sites (tertiary alicyclic amines) is 1. The molecule has 1 aliphatic heterocycles. The Labute approximate surface area is 186 Å². The van der Waals surface area contributed by atoms with Gasteiger partial charge < -0.3 is 14.3 Å². The predicted octanol–water partition coefficient (Wildman–Crippen LogP) is 4.95. The van der Waals surface area contributed by atoms with Crippen LogP contribution in [0.25, 0.3) is 22.1 Å². The van der Waals surface area contributed by atoms with Gasteiger partial charge >= 0.3 is 0 Å². The van der Waals surface area contributed by atoms with Gasteiger partial charge in [0.05, 0.1) is 17.4 Å². The Bertz CT molecular complexity index is 1400. The minimum atomic E-state index is 0.0308. The van der Waals surface area contributed by atoms with Crippen LogP contribution in [0, 0.1) is 5.92 Å². The topological polar surface area (TPSA) is 75.0 Å². The van der Waals surface area contributed by atoms with Crippen molar-refractivity contribution in [1.29, 1.82) is 0 Å². The lowest BCUT2D eigenvalue weighted by Crippen LogP contribution is -2.59. The third-order valence-corrected chi connectivity index (χ3v) is 8.38. The number of nitrogens with zero attached hydrogens (tertiary/aromatic N) is 3. The number of carbonyl (C=O) groups excluding carboxylic acids is 1. The number of piperidine rings is 1. The lowest BCUT2D eigenvalue weighted by atomic mass is 9.59. The normalized spacial score (nSPS) is 27.1. The van der Waals surface area contributed by atoms with Crippen molar-refractivity contribution in [2.75, 3.05) is 6.54 Å². The standard InChI is InChI=1S/C26H26N4O2/c1-14-22-11-17-10-21-23(32-24(29-21)15-3-4-15)12-18(17)26(14,2)7-8-30(22)25(31)16-5-6-19-20(9-16)28-13-27-19/h5-6,9-10,12-15,22H,3-4,7-8,11H2,1-2H3,(H,27,28)/t14?,22?,26-/m1/s1. The first-order chi connectivity index (χ1) is 15.5. The van der Waals surface area contributed by atoms with Gasteiger partial charge in [0.1, 0.15) is 5.52 Å². The molecule has 0 radical (unpaired) electrons. The third-order valence-electron chi connectivity index (χ3n) is 8.38. The molecule has 2 bridgehead atoms. The maximum Gasteiger partial charge on any atom is 0.254 e. The van der Waals surface area contributed by atoms with E-state index in [2.05, 4.69) is 40.8 Å². The van der Waals surface area contributed by atoms with Crippen LogP contribution in [0.2, 0.25) is 0 Å². The largest absolute Gasteiger partial charge is 0.440 e. The van der Waals surface area contributed by atoms with Crippen molar-refractivity contribution in [2.24, 2.45) is 5.92 Å². The molecule has 7 rings (SSSR count). The van der Waals surface area contributed by atoms with Gasteiger partial charge in [0.25, 0.3) is 5.91 Å². The van der Waals surface area contributed by atoms with Crippen molar-refractivity contribution in [1.82, 2.24) is 19.9 Å². The number of carbonyl (C=O) groups is 1. The Morgan fingerprint density at radius 2 is 2.09 bits per heavy atom. The number of hydrogen-bond donors (Lipinski definition) is 1. The molecule has 32 heavy (non-hydrogen) atoms. The van der Waals surface area contributed by atoms with Gasteiger partial charge in [0.15, 0.2) is 11.5 Å². The van der Waals surface area contributed by atoms with Crippen LogP contribution in [-0.4, -0.2) is 38.3 Å². The van der Waals surface area contributed by atoms with E-state index >= 15 is 0 Å². The minimum absolute atomic E-state index is 0.0308. The molecule has 3 aliphatic rings. The second kappa shape index (κ2) is 6.21. The molecule has 2 fully saturated rings. The summed E-state index contributed by atoms with van der Waals surface area (Å²) >= 11 is 0. The number of imidazole rings is 1. The number of oxazole rings is 1. The molecular formula is C26H26N4O2. The number of rotatable bonds is 2. The zero-order chi connectivity index (χ0) is 21.6. The maximum atomic E-state index is 13.6.